The molecule has 0 aliphatic heterocycles. The summed E-state index contributed by atoms with van der Waals surface area (Å²) in [5, 5.41) is 7.59. The average molecular weight is 276 g/mol. The number of hydrogen-bond acceptors (Lipinski definition) is 3. The van der Waals surface area contributed by atoms with E-state index in [-0.39, 0.29) is 5.84 Å². The average Bonchev–Trinajstić information content (AvgIpc) is 2.45. The number of nitrogen functional groups attached to an aromatic ring is 1. The topological polar surface area (TPSA) is 68.3 Å². The monoisotopic (exact) mass is 276 g/mol. The first-order valence-corrected chi connectivity index (χ1v) is 7.23. The Balaban J connectivity index is 1.99. The third-order valence-electron chi connectivity index (χ3n) is 3.93. The lowest BCUT2D eigenvalue weighted by molar-refractivity contribution is 0.00465. The summed E-state index contributed by atoms with van der Waals surface area (Å²) in [6, 6.07) is 5.70. The normalized spacial score (nSPS) is 22.5. The van der Waals surface area contributed by atoms with Crippen molar-refractivity contribution in [1.29, 1.82) is 5.41 Å². The van der Waals surface area contributed by atoms with Crippen molar-refractivity contribution in [1.82, 2.24) is 0 Å². The Kier molecular flexibility index (Phi) is 5.01. The Morgan fingerprint density at radius 3 is 2.85 bits per heavy atom. The molecule has 0 spiro atoms. The molecular weight excluding hydrogens is 252 g/mol. The SMILES string of the molecule is COc1ccc(COC2CCCC(C)C2)cc1C(=N)N. The quantitative estimate of drug-likeness (QED) is 0.641. The van der Waals surface area contributed by atoms with E-state index in [1.54, 1.807) is 7.11 Å². The van der Waals surface area contributed by atoms with Crippen LogP contribution in [0.15, 0.2) is 18.2 Å². The highest BCUT2D eigenvalue weighted by Gasteiger charge is 2.19. The van der Waals surface area contributed by atoms with Crippen LogP contribution in [0.3, 0.4) is 0 Å². The van der Waals surface area contributed by atoms with Gasteiger partial charge in [-0.05, 0) is 36.5 Å². The van der Waals surface area contributed by atoms with E-state index in [0.717, 1.165) is 24.3 Å². The van der Waals surface area contributed by atoms with E-state index in [0.29, 0.717) is 24.0 Å². The van der Waals surface area contributed by atoms with Gasteiger partial charge in [0.25, 0.3) is 0 Å². The first-order valence-electron chi connectivity index (χ1n) is 7.23. The molecule has 3 N–H and O–H groups in total. The maximum atomic E-state index is 7.59. The van der Waals surface area contributed by atoms with Crippen molar-refractivity contribution in [2.45, 2.75) is 45.3 Å². The molecule has 0 heterocycles. The van der Waals surface area contributed by atoms with Gasteiger partial charge in [0.1, 0.15) is 11.6 Å². The molecular formula is C16H24N2O2. The molecule has 1 aliphatic rings. The molecule has 110 valence electrons. The van der Waals surface area contributed by atoms with Crippen LogP contribution >= 0.6 is 0 Å². The van der Waals surface area contributed by atoms with Crippen molar-refractivity contribution in [3.63, 3.8) is 0 Å². The molecule has 0 aromatic heterocycles. The van der Waals surface area contributed by atoms with Gasteiger partial charge in [-0.3, -0.25) is 5.41 Å². The predicted molar refractivity (Wildman–Crippen MR) is 80.2 cm³/mol. The molecule has 4 heteroatoms. The minimum absolute atomic E-state index is 0.0231. The number of nitrogens with two attached hydrogens (primary N) is 1. The van der Waals surface area contributed by atoms with Crippen molar-refractivity contribution in [3.05, 3.63) is 29.3 Å². The van der Waals surface area contributed by atoms with Crippen molar-refractivity contribution < 1.29 is 9.47 Å². The maximum absolute atomic E-state index is 7.59. The Hall–Kier alpha value is -1.55. The van der Waals surface area contributed by atoms with E-state index < -0.39 is 0 Å². The Labute approximate surface area is 120 Å². The number of nitrogens with one attached hydrogen (secondary N) is 1. The van der Waals surface area contributed by atoms with E-state index in [4.69, 9.17) is 20.6 Å². The third kappa shape index (κ3) is 3.73. The second-order valence-corrected chi connectivity index (χ2v) is 5.65. The Morgan fingerprint density at radius 1 is 1.40 bits per heavy atom. The fraction of sp³-hybridized carbons (Fsp3) is 0.562. The summed E-state index contributed by atoms with van der Waals surface area (Å²) in [5.41, 5.74) is 7.25. The highest BCUT2D eigenvalue weighted by molar-refractivity contribution is 5.97. The molecule has 4 nitrogen and oxygen atoms in total. The van der Waals surface area contributed by atoms with Gasteiger partial charge in [0.2, 0.25) is 0 Å². The summed E-state index contributed by atoms with van der Waals surface area (Å²) in [6.07, 6.45) is 5.24. The van der Waals surface area contributed by atoms with Crippen molar-refractivity contribution in [2.75, 3.05) is 7.11 Å². The molecule has 0 radical (unpaired) electrons. The van der Waals surface area contributed by atoms with Gasteiger partial charge in [0.05, 0.1) is 25.4 Å². The molecule has 1 aromatic carbocycles. The van der Waals surface area contributed by atoms with Crippen molar-refractivity contribution >= 4 is 5.84 Å². The van der Waals surface area contributed by atoms with Crippen molar-refractivity contribution in [3.8, 4) is 5.75 Å². The van der Waals surface area contributed by atoms with Gasteiger partial charge in [0, 0.05) is 0 Å². The Bertz CT molecular complexity index is 474. The van der Waals surface area contributed by atoms with Gasteiger partial charge in [-0.25, -0.2) is 0 Å². The van der Waals surface area contributed by atoms with Crippen LogP contribution in [0.4, 0.5) is 0 Å². The predicted octanol–water partition coefficient (Wildman–Crippen LogP) is 3.07. The third-order valence-corrected chi connectivity index (χ3v) is 3.93. The van der Waals surface area contributed by atoms with Gasteiger partial charge in [-0.15, -0.1) is 0 Å². The van der Waals surface area contributed by atoms with Crippen LogP contribution in [0.25, 0.3) is 0 Å². The van der Waals surface area contributed by atoms with Crippen LogP contribution < -0.4 is 10.5 Å². The molecule has 1 fully saturated rings. The largest absolute Gasteiger partial charge is 0.496 e. The molecule has 20 heavy (non-hydrogen) atoms. The summed E-state index contributed by atoms with van der Waals surface area (Å²) in [6.45, 7) is 2.86. The highest BCUT2D eigenvalue weighted by Crippen LogP contribution is 2.27. The molecule has 1 saturated carbocycles. The van der Waals surface area contributed by atoms with Gasteiger partial charge in [-0.1, -0.05) is 25.8 Å². The van der Waals surface area contributed by atoms with E-state index >= 15 is 0 Å². The molecule has 1 aliphatic carbocycles. The highest BCUT2D eigenvalue weighted by atomic mass is 16.5. The summed E-state index contributed by atoms with van der Waals surface area (Å²) < 4.78 is 11.2. The van der Waals surface area contributed by atoms with Gasteiger partial charge in [-0.2, -0.15) is 0 Å². The lowest BCUT2D eigenvalue weighted by Crippen LogP contribution is -2.21. The number of ether oxygens (including phenoxy) is 2. The van der Waals surface area contributed by atoms with Gasteiger partial charge < -0.3 is 15.2 Å². The van der Waals surface area contributed by atoms with Gasteiger partial charge in [0.15, 0.2) is 0 Å². The zero-order valence-electron chi connectivity index (χ0n) is 12.3. The summed E-state index contributed by atoms with van der Waals surface area (Å²) in [4.78, 5) is 0. The zero-order valence-corrected chi connectivity index (χ0v) is 12.3. The van der Waals surface area contributed by atoms with Crippen LogP contribution in [0.5, 0.6) is 5.75 Å². The lowest BCUT2D eigenvalue weighted by Gasteiger charge is -2.26. The Morgan fingerprint density at radius 2 is 2.20 bits per heavy atom. The van der Waals surface area contributed by atoms with E-state index in [2.05, 4.69) is 6.92 Å². The zero-order chi connectivity index (χ0) is 14.5. The first kappa shape index (κ1) is 14.9. The van der Waals surface area contributed by atoms with Gasteiger partial charge >= 0.3 is 0 Å². The number of benzene rings is 1. The number of amidine groups is 1. The van der Waals surface area contributed by atoms with E-state index in [1.165, 1.54) is 12.8 Å². The van der Waals surface area contributed by atoms with Crippen LogP contribution in [-0.2, 0) is 11.3 Å². The van der Waals surface area contributed by atoms with E-state index in [9.17, 15) is 0 Å². The molecule has 0 amide bonds. The standard InChI is InChI=1S/C16H24N2O2/c1-11-4-3-5-13(8-11)20-10-12-6-7-15(19-2)14(9-12)16(17)18/h6-7,9,11,13H,3-5,8,10H2,1-2H3,(H3,17,18). The summed E-state index contributed by atoms with van der Waals surface area (Å²) >= 11 is 0. The second kappa shape index (κ2) is 6.75. The smallest absolute Gasteiger partial charge is 0.129 e. The van der Waals surface area contributed by atoms with Crippen LogP contribution in [0, 0.1) is 11.3 Å². The van der Waals surface area contributed by atoms with E-state index in [1.807, 2.05) is 18.2 Å². The molecule has 2 unspecified atom stereocenters. The van der Waals surface area contributed by atoms with Crippen LogP contribution in [0.1, 0.15) is 43.7 Å². The molecule has 0 saturated heterocycles. The number of hydrogen-bond donors (Lipinski definition) is 2. The summed E-state index contributed by atoms with van der Waals surface area (Å²) in [5.74, 6) is 1.42. The fourth-order valence-corrected chi connectivity index (χ4v) is 2.80. The lowest BCUT2D eigenvalue weighted by atomic mass is 9.89. The summed E-state index contributed by atoms with van der Waals surface area (Å²) in [7, 11) is 1.58. The molecule has 2 rings (SSSR count). The second-order valence-electron chi connectivity index (χ2n) is 5.65. The van der Waals surface area contributed by atoms with Crippen LogP contribution in [0.2, 0.25) is 0 Å². The number of rotatable bonds is 5. The minimum Gasteiger partial charge on any atom is -0.496 e. The van der Waals surface area contributed by atoms with Crippen LogP contribution in [-0.4, -0.2) is 19.0 Å². The minimum atomic E-state index is 0.0231. The van der Waals surface area contributed by atoms with Crippen molar-refractivity contribution in [2.24, 2.45) is 11.7 Å². The first-order chi connectivity index (χ1) is 9.60. The molecule has 1 aromatic rings. The molecule has 0 bridgehead atoms. The number of methoxy groups -OCH3 is 1. The fourth-order valence-electron chi connectivity index (χ4n) is 2.80. The molecule has 2 atom stereocenters. The maximum Gasteiger partial charge on any atom is 0.129 e.